The van der Waals surface area contributed by atoms with Crippen LogP contribution >= 0.6 is 0 Å². The standard InChI is InChI=1S/C40H44N2O7/c1-45-37(46-2)23-28-14-16-29(17-15-28)26-48-39(43)34-12-6-8-30(22-34)27-47-35-13-7-11-33(24-35)38(32-9-4-3-5-10-32)41-40(44)49-36-25-42-20-18-31(36)19-21-42/h3-17,22,24,31,36-38H,18-21,23,25-27H2,1-2H3,(H,41,44)/t36-,38?/m0/s1. The zero-order chi connectivity index (χ0) is 34.0. The smallest absolute Gasteiger partial charge is 0.408 e. The normalized spacial score (nSPS) is 18.9. The summed E-state index contributed by atoms with van der Waals surface area (Å²) in [5.41, 5.74) is 5.04. The van der Waals surface area contributed by atoms with Crippen molar-refractivity contribution in [3.63, 3.8) is 0 Å². The summed E-state index contributed by atoms with van der Waals surface area (Å²) in [6.07, 6.45) is 1.98. The maximum atomic E-state index is 13.2. The number of fused-ring (bicyclic) bond motifs is 3. The third-order valence-electron chi connectivity index (χ3n) is 9.33. The van der Waals surface area contributed by atoms with Crippen molar-refractivity contribution in [2.24, 2.45) is 5.92 Å². The minimum absolute atomic E-state index is 0.0795. The van der Waals surface area contributed by atoms with E-state index in [1.807, 2.05) is 91.0 Å². The van der Waals surface area contributed by atoms with Gasteiger partial charge in [-0.2, -0.15) is 0 Å². The average molecular weight is 665 g/mol. The number of alkyl carbamates (subject to hydrolysis) is 1. The fraction of sp³-hybridized carbons (Fsp3) is 0.350. The molecular formula is C40H44N2O7. The number of rotatable bonds is 14. The lowest BCUT2D eigenvalue weighted by Gasteiger charge is -2.43. The molecule has 49 heavy (non-hydrogen) atoms. The predicted octanol–water partition coefficient (Wildman–Crippen LogP) is 6.69. The molecule has 9 nitrogen and oxygen atoms in total. The molecule has 3 heterocycles. The van der Waals surface area contributed by atoms with Crippen molar-refractivity contribution < 1.29 is 33.3 Å². The van der Waals surface area contributed by atoms with Gasteiger partial charge in [-0.3, -0.25) is 4.90 Å². The molecule has 3 aliphatic rings. The summed E-state index contributed by atoms with van der Waals surface area (Å²) < 4.78 is 28.3. The summed E-state index contributed by atoms with van der Waals surface area (Å²) in [4.78, 5) is 28.5. The van der Waals surface area contributed by atoms with Gasteiger partial charge in [0.2, 0.25) is 0 Å². The Hall–Kier alpha value is -4.70. The number of nitrogens with zero attached hydrogens (tertiary/aromatic N) is 1. The molecule has 3 aliphatic heterocycles. The van der Waals surface area contributed by atoms with E-state index in [1.54, 1.807) is 26.4 Å². The highest BCUT2D eigenvalue weighted by Gasteiger charge is 2.37. The lowest BCUT2D eigenvalue weighted by molar-refractivity contribution is -0.100. The van der Waals surface area contributed by atoms with Crippen LogP contribution in [0.15, 0.2) is 103 Å². The first kappa shape index (κ1) is 34.2. The van der Waals surface area contributed by atoms with Gasteiger partial charge in [-0.1, -0.05) is 78.9 Å². The second-order valence-electron chi connectivity index (χ2n) is 12.6. The third kappa shape index (κ3) is 9.26. The summed E-state index contributed by atoms with van der Waals surface area (Å²) in [5.74, 6) is 0.662. The highest BCUT2D eigenvalue weighted by Crippen LogP contribution is 2.31. The van der Waals surface area contributed by atoms with Gasteiger partial charge in [-0.05, 0) is 83.9 Å². The Morgan fingerprint density at radius 2 is 1.49 bits per heavy atom. The fourth-order valence-electron chi connectivity index (χ4n) is 6.54. The number of carbonyl (C=O) groups is 2. The van der Waals surface area contributed by atoms with Crippen LogP contribution in [0, 0.1) is 5.92 Å². The largest absolute Gasteiger partial charge is 0.489 e. The Kier molecular flexibility index (Phi) is 11.6. The Morgan fingerprint density at radius 3 is 2.20 bits per heavy atom. The number of esters is 1. The van der Waals surface area contributed by atoms with Gasteiger partial charge in [0.15, 0.2) is 6.29 Å². The SMILES string of the molecule is COC(Cc1ccc(COC(=O)c2cccc(COc3cccc(C(NC(=O)O[C@H]4CN5CCC4CC5)c4ccccc4)c3)c2)cc1)OC. The minimum Gasteiger partial charge on any atom is -0.489 e. The van der Waals surface area contributed by atoms with E-state index in [2.05, 4.69) is 10.2 Å². The molecule has 2 bridgehead atoms. The zero-order valence-electron chi connectivity index (χ0n) is 28.1. The maximum Gasteiger partial charge on any atom is 0.408 e. The van der Waals surface area contributed by atoms with E-state index in [4.69, 9.17) is 23.7 Å². The number of piperidine rings is 3. The van der Waals surface area contributed by atoms with E-state index >= 15 is 0 Å². The van der Waals surface area contributed by atoms with Crippen molar-refractivity contribution in [2.45, 2.75) is 50.9 Å². The number of amides is 1. The minimum atomic E-state index is -0.416. The number of nitrogens with one attached hydrogen (secondary N) is 1. The molecule has 0 aromatic heterocycles. The van der Waals surface area contributed by atoms with Crippen LogP contribution in [0.3, 0.4) is 0 Å². The van der Waals surface area contributed by atoms with Crippen LogP contribution < -0.4 is 10.1 Å². The highest BCUT2D eigenvalue weighted by molar-refractivity contribution is 5.89. The monoisotopic (exact) mass is 664 g/mol. The Morgan fingerprint density at radius 1 is 0.776 bits per heavy atom. The molecule has 1 unspecified atom stereocenters. The molecule has 4 aromatic rings. The van der Waals surface area contributed by atoms with Gasteiger partial charge in [0, 0.05) is 27.2 Å². The first-order valence-corrected chi connectivity index (χ1v) is 16.8. The number of carbonyl (C=O) groups excluding carboxylic acids is 2. The molecule has 0 radical (unpaired) electrons. The van der Waals surface area contributed by atoms with Crippen LogP contribution in [0.25, 0.3) is 0 Å². The first-order chi connectivity index (χ1) is 24.0. The van der Waals surface area contributed by atoms with E-state index in [9.17, 15) is 9.59 Å². The fourth-order valence-corrected chi connectivity index (χ4v) is 6.54. The van der Waals surface area contributed by atoms with Gasteiger partial charge in [0.05, 0.1) is 11.6 Å². The third-order valence-corrected chi connectivity index (χ3v) is 9.33. The van der Waals surface area contributed by atoms with Gasteiger partial charge in [-0.15, -0.1) is 0 Å². The van der Waals surface area contributed by atoms with E-state index in [1.165, 1.54) is 0 Å². The van der Waals surface area contributed by atoms with E-state index in [0.717, 1.165) is 60.3 Å². The van der Waals surface area contributed by atoms with Gasteiger partial charge in [0.1, 0.15) is 25.1 Å². The van der Waals surface area contributed by atoms with Crippen molar-refractivity contribution in [1.29, 1.82) is 0 Å². The molecule has 3 saturated heterocycles. The first-order valence-electron chi connectivity index (χ1n) is 16.8. The van der Waals surface area contributed by atoms with Crippen molar-refractivity contribution >= 4 is 12.1 Å². The molecule has 9 heteroatoms. The summed E-state index contributed by atoms with van der Waals surface area (Å²) in [5, 5.41) is 3.12. The zero-order valence-corrected chi connectivity index (χ0v) is 28.1. The molecule has 0 aliphatic carbocycles. The number of methoxy groups -OCH3 is 2. The van der Waals surface area contributed by atoms with Crippen LogP contribution in [0.2, 0.25) is 0 Å². The van der Waals surface area contributed by atoms with E-state index < -0.39 is 18.1 Å². The number of hydrogen-bond acceptors (Lipinski definition) is 8. The van der Waals surface area contributed by atoms with Crippen molar-refractivity contribution in [3.05, 3.63) is 137 Å². The summed E-state index contributed by atoms with van der Waals surface area (Å²) in [6, 6.07) is 32.2. The second kappa shape index (κ2) is 16.6. The van der Waals surface area contributed by atoms with Crippen molar-refractivity contribution in [3.8, 4) is 5.75 Å². The van der Waals surface area contributed by atoms with E-state index in [-0.39, 0.29) is 25.6 Å². The summed E-state index contributed by atoms with van der Waals surface area (Å²) in [7, 11) is 3.22. The Labute approximate surface area is 288 Å². The topological polar surface area (TPSA) is 95.6 Å². The van der Waals surface area contributed by atoms with Crippen LogP contribution in [0.1, 0.15) is 57.1 Å². The van der Waals surface area contributed by atoms with Crippen molar-refractivity contribution in [2.75, 3.05) is 33.9 Å². The second-order valence-corrected chi connectivity index (χ2v) is 12.6. The Balaban J connectivity index is 1.05. The van der Waals surface area contributed by atoms with Crippen molar-refractivity contribution in [1.82, 2.24) is 10.2 Å². The molecule has 7 rings (SSSR count). The molecule has 0 saturated carbocycles. The lowest BCUT2D eigenvalue weighted by atomic mass is 9.86. The van der Waals surface area contributed by atoms with Gasteiger partial charge in [-0.25, -0.2) is 9.59 Å². The Bertz CT molecular complexity index is 1670. The van der Waals surface area contributed by atoms with Crippen LogP contribution in [-0.2, 0) is 38.6 Å². The molecule has 3 fully saturated rings. The van der Waals surface area contributed by atoms with Crippen LogP contribution in [0.5, 0.6) is 5.75 Å². The summed E-state index contributed by atoms with van der Waals surface area (Å²) in [6.45, 7) is 3.38. The highest BCUT2D eigenvalue weighted by atomic mass is 16.7. The number of hydrogen-bond donors (Lipinski definition) is 1. The average Bonchev–Trinajstić information content (AvgIpc) is 3.15. The summed E-state index contributed by atoms with van der Waals surface area (Å²) >= 11 is 0. The lowest BCUT2D eigenvalue weighted by Crippen LogP contribution is -2.52. The molecular weight excluding hydrogens is 620 g/mol. The van der Waals surface area contributed by atoms with E-state index in [0.29, 0.717) is 23.7 Å². The van der Waals surface area contributed by atoms with Gasteiger partial charge >= 0.3 is 12.1 Å². The molecule has 1 amide bonds. The maximum absolute atomic E-state index is 13.2. The van der Waals surface area contributed by atoms with Crippen LogP contribution in [-0.4, -0.2) is 63.2 Å². The molecule has 4 aromatic carbocycles. The molecule has 2 atom stereocenters. The molecule has 0 spiro atoms. The predicted molar refractivity (Wildman–Crippen MR) is 185 cm³/mol. The van der Waals surface area contributed by atoms with Gasteiger partial charge < -0.3 is 29.0 Å². The van der Waals surface area contributed by atoms with Gasteiger partial charge in [0.25, 0.3) is 0 Å². The number of benzene rings is 4. The number of ether oxygens (including phenoxy) is 5. The molecule has 1 N–H and O–H groups in total. The molecule has 256 valence electrons. The quantitative estimate of drug-likeness (QED) is 0.118. The van der Waals surface area contributed by atoms with Crippen LogP contribution in [0.4, 0.5) is 4.79 Å².